The molecule has 5 rings (SSSR count). The lowest BCUT2D eigenvalue weighted by Crippen LogP contribution is -2.21. The minimum Gasteiger partial charge on any atom is -0.346 e. The Kier molecular flexibility index (Phi) is 6.45. The van der Waals surface area contributed by atoms with Gasteiger partial charge in [0.15, 0.2) is 0 Å². The highest BCUT2D eigenvalue weighted by atomic mass is 35.5. The second-order valence-electron chi connectivity index (χ2n) is 7.46. The molecular formula is C24H16Cl2N6O2S. The summed E-state index contributed by atoms with van der Waals surface area (Å²) in [5, 5.41) is 11.6. The zero-order chi connectivity index (χ0) is 24.4. The Balaban J connectivity index is 1.48. The number of nitrogens with one attached hydrogen (secondary N) is 2. The molecule has 4 heterocycles. The van der Waals surface area contributed by atoms with E-state index in [0.717, 1.165) is 22.4 Å². The average Bonchev–Trinajstić information content (AvgIpc) is 3.52. The summed E-state index contributed by atoms with van der Waals surface area (Å²) in [4.78, 5) is 32.1. The number of aromatic amines is 1. The molecule has 11 heteroatoms. The molecule has 0 aliphatic carbocycles. The molecule has 1 aromatic carbocycles. The first kappa shape index (κ1) is 23.0. The van der Waals surface area contributed by atoms with E-state index in [0.29, 0.717) is 25.6 Å². The summed E-state index contributed by atoms with van der Waals surface area (Å²) in [6, 6.07) is 16.0. The van der Waals surface area contributed by atoms with Gasteiger partial charge in [-0.3, -0.25) is 9.59 Å². The molecule has 0 bridgehead atoms. The number of halogens is 2. The van der Waals surface area contributed by atoms with Gasteiger partial charge < -0.3 is 10.3 Å². The van der Waals surface area contributed by atoms with Crippen LogP contribution in [0.1, 0.15) is 15.4 Å². The van der Waals surface area contributed by atoms with Crippen molar-refractivity contribution < 1.29 is 4.79 Å². The SMILES string of the molecule is O=C(NCc1cn(-c2ccc(-c3ccc[nH]c3=O)cc2-c2ccc(Cl)nc2)nn1)c1ccc(Cl)s1. The Morgan fingerprint density at radius 1 is 1.06 bits per heavy atom. The molecule has 8 nitrogen and oxygen atoms in total. The van der Waals surface area contributed by atoms with Gasteiger partial charge in [-0.15, -0.1) is 16.4 Å². The number of aromatic nitrogens is 5. The van der Waals surface area contributed by atoms with Crippen molar-refractivity contribution in [1.82, 2.24) is 30.3 Å². The summed E-state index contributed by atoms with van der Waals surface area (Å²) in [5.74, 6) is -0.234. The number of benzene rings is 1. The van der Waals surface area contributed by atoms with Gasteiger partial charge in [0.2, 0.25) is 0 Å². The predicted molar refractivity (Wildman–Crippen MR) is 136 cm³/mol. The summed E-state index contributed by atoms with van der Waals surface area (Å²) in [6.07, 6.45) is 4.98. The number of H-pyrrole nitrogens is 1. The summed E-state index contributed by atoms with van der Waals surface area (Å²) >= 11 is 13.1. The third kappa shape index (κ3) is 5.02. The largest absolute Gasteiger partial charge is 0.346 e. The zero-order valence-electron chi connectivity index (χ0n) is 17.9. The van der Waals surface area contributed by atoms with Gasteiger partial charge >= 0.3 is 0 Å². The van der Waals surface area contributed by atoms with Crippen LogP contribution in [0.3, 0.4) is 0 Å². The lowest BCUT2D eigenvalue weighted by atomic mass is 9.99. The molecule has 0 fully saturated rings. The van der Waals surface area contributed by atoms with E-state index < -0.39 is 0 Å². The maximum absolute atomic E-state index is 12.3. The maximum Gasteiger partial charge on any atom is 0.261 e. The van der Waals surface area contributed by atoms with Crippen LogP contribution < -0.4 is 10.9 Å². The maximum atomic E-state index is 12.3. The van der Waals surface area contributed by atoms with Gasteiger partial charge in [0.1, 0.15) is 10.8 Å². The van der Waals surface area contributed by atoms with Gasteiger partial charge in [-0.25, -0.2) is 9.67 Å². The molecule has 1 amide bonds. The summed E-state index contributed by atoms with van der Waals surface area (Å²) in [5.41, 5.74) is 3.96. The molecule has 2 N–H and O–H groups in total. The normalized spacial score (nSPS) is 10.9. The highest BCUT2D eigenvalue weighted by Gasteiger charge is 2.14. The molecule has 0 unspecified atom stereocenters. The van der Waals surface area contributed by atoms with Gasteiger partial charge in [-0.2, -0.15) is 0 Å². The minimum absolute atomic E-state index is 0.189. The van der Waals surface area contributed by atoms with Crippen molar-refractivity contribution in [2.45, 2.75) is 6.54 Å². The van der Waals surface area contributed by atoms with Crippen LogP contribution in [-0.2, 0) is 6.54 Å². The molecule has 4 aromatic heterocycles. The molecule has 174 valence electrons. The van der Waals surface area contributed by atoms with Crippen LogP contribution in [0.25, 0.3) is 27.9 Å². The van der Waals surface area contributed by atoms with Crippen molar-refractivity contribution in [2.75, 3.05) is 0 Å². The number of pyridine rings is 2. The molecule has 0 saturated heterocycles. The quantitative estimate of drug-likeness (QED) is 0.306. The first-order valence-corrected chi connectivity index (χ1v) is 11.9. The fourth-order valence-electron chi connectivity index (χ4n) is 3.51. The van der Waals surface area contributed by atoms with E-state index in [1.165, 1.54) is 11.3 Å². The summed E-state index contributed by atoms with van der Waals surface area (Å²) < 4.78 is 2.16. The van der Waals surface area contributed by atoms with Crippen LogP contribution in [0.15, 0.2) is 78.0 Å². The van der Waals surface area contributed by atoms with E-state index in [4.69, 9.17) is 23.2 Å². The molecule has 5 aromatic rings. The van der Waals surface area contributed by atoms with Crippen LogP contribution >= 0.6 is 34.5 Å². The second-order valence-corrected chi connectivity index (χ2v) is 9.56. The van der Waals surface area contributed by atoms with E-state index in [9.17, 15) is 9.59 Å². The molecule has 0 aliphatic rings. The fourth-order valence-corrected chi connectivity index (χ4v) is 4.58. The number of hydrogen-bond donors (Lipinski definition) is 2. The lowest BCUT2D eigenvalue weighted by molar-refractivity contribution is 0.0954. The predicted octanol–water partition coefficient (Wildman–Crippen LogP) is 4.98. The van der Waals surface area contributed by atoms with Gasteiger partial charge in [0.25, 0.3) is 11.5 Å². The van der Waals surface area contributed by atoms with Gasteiger partial charge in [0, 0.05) is 29.1 Å². The molecule has 0 spiro atoms. The zero-order valence-corrected chi connectivity index (χ0v) is 20.2. The van der Waals surface area contributed by atoms with E-state index in [1.807, 2.05) is 24.3 Å². The van der Waals surface area contributed by atoms with Crippen molar-refractivity contribution in [3.05, 3.63) is 104 Å². The monoisotopic (exact) mass is 522 g/mol. The molecule has 0 aliphatic heterocycles. The van der Waals surface area contributed by atoms with Crippen molar-refractivity contribution in [1.29, 1.82) is 0 Å². The smallest absolute Gasteiger partial charge is 0.261 e. The number of amides is 1. The first-order valence-electron chi connectivity index (χ1n) is 10.4. The van der Waals surface area contributed by atoms with Crippen molar-refractivity contribution >= 4 is 40.4 Å². The van der Waals surface area contributed by atoms with Crippen molar-refractivity contribution in [3.63, 3.8) is 0 Å². The Morgan fingerprint density at radius 3 is 2.66 bits per heavy atom. The van der Waals surface area contributed by atoms with Crippen LogP contribution in [-0.4, -0.2) is 30.9 Å². The minimum atomic E-state index is -0.234. The van der Waals surface area contributed by atoms with E-state index in [-0.39, 0.29) is 18.0 Å². The molecule has 35 heavy (non-hydrogen) atoms. The number of carbonyl (C=O) groups is 1. The molecule has 0 atom stereocenters. The molecule has 0 saturated carbocycles. The first-order chi connectivity index (χ1) is 17.0. The van der Waals surface area contributed by atoms with Crippen molar-refractivity contribution in [2.24, 2.45) is 0 Å². The lowest BCUT2D eigenvalue weighted by Gasteiger charge is -2.12. The van der Waals surface area contributed by atoms with E-state index >= 15 is 0 Å². The van der Waals surface area contributed by atoms with E-state index in [2.05, 4.69) is 25.6 Å². The third-order valence-corrected chi connectivity index (χ3v) is 6.63. The van der Waals surface area contributed by atoms with Crippen LogP contribution in [0.5, 0.6) is 0 Å². The Morgan fingerprint density at radius 2 is 1.91 bits per heavy atom. The second kappa shape index (κ2) is 9.83. The third-order valence-electron chi connectivity index (χ3n) is 5.18. The number of nitrogens with zero attached hydrogens (tertiary/aromatic N) is 4. The number of carbonyl (C=O) groups excluding carboxylic acids is 1. The fraction of sp³-hybridized carbons (Fsp3) is 0.0417. The Bertz CT molecular complexity index is 1580. The van der Waals surface area contributed by atoms with Gasteiger partial charge in [-0.1, -0.05) is 34.5 Å². The van der Waals surface area contributed by atoms with Crippen molar-refractivity contribution in [3.8, 4) is 27.9 Å². The topological polar surface area (TPSA) is 106 Å². The number of rotatable bonds is 6. The van der Waals surface area contributed by atoms with Gasteiger partial charge in [-0.05, 0) is 54.1 Å². The highest BCUT2D eigenvalue weighted by molar-refractivity contribution is 7.18. The Labute approximate surface area is 213 Å². The molecule has 0 radical (unpaired) electrons. The number of hydrogen-bond acceptors (Lipinski definition) is 6. The van der Waals surface area contributed by atoms with Gasteiger partial charge in [0.05, 0.1) is 27.6 Å². The van der Waals surface area contributed by atoms with E-state index in [1.54, 1.807) is 53.6 Å². The highest BCUT2D eigenvalue weighted by Crippen LogP contribution is 2.31. The van der Waals surface area contributed by atoms with Crippen LogP contribution in [0.2, 0.25) is 9.49 Å². The molecular weight excluding hydrogens is 507 g/mol. The number of thiophene rings is 1. The summed E-state index contributed by atoms with van der Waals surface area (Å²) in [7, 11) is 0. The average molecular weight is 523 g/mol. The van der Waals surface area contributed by atoms with Crippen LogP contribution in [0, 0.1) is 0 Å². The van der Waals surface area contributed by atoms with Crippen LogP contribution in [0.4, 0.5) is 0 Å². The summed E-state index contributed by atoms with van der Waals surface area (Å²) in [6.45, 7) is 0.198. The standard InChI is InChI=1S/C24H16Cl2N6O2S/c25-21-7-4-15(11-28-21)18-10-14(17-2-1-9-27-23(17)33)3-5-19(18)32-13-16(30-31-32)12-29-24(34)20-6-8-22(26)35-20/h1-11,13H,12H2,(H,27,33)(H,29,34). The Hall–Kier alpha value is -3.79.